The summed E-state index contributed by atoms with van der Waals surface area (Å²) >= 11 is 5.73. The Labute approximate surface area is 88.5 Å². The third-order valence-corrected chi connectivity index (χ3v) is 3.13. The second kappa shape index (κ2) is 3.39. The van der Waals surface area contributed by atoms with E-state index in [9.17, 15) is 0 Å². The molecule has 0 amide bonds. The lowest BCUT2D eigenvalue weighted by molar-refractivity contribution is 0.140. The van der Waals surface area contributed by atoms with Gasteiger partial charge in [-0.25, -0.2) is 9.97 Å². The summed E-state index contributed by atoms with van der Waals surface area (Å²) in [6, 6.07) is 1.64. The molecule has 1 aliphatic carbocycles. The lowest BCUT2D eigenvalue weighted by atomic mass is 10.0. The molecule has 1 aliphatic rings. The van der Waals surface area contributed by atoms with Crippen LogP contribution in [0.3, 0.4) is 0 Å². The summed E-state index contributed by atoms with van der Waals surface area (Å²) in [7, 11) is 0. The number of ether oxygens (including phenoxy) is 1. The Balaban J connectivity index is 2.03. The van der Waals surface area contributed by atoms with Crippen LogP contribution in [0.2, 0.25) is 5.15 Å². The first-order chi connectivity index (χ1) is 6.60. The van der Waals surface area contributed by atoms with Gasteiger partial charge in [-0.15, -0.1) is 0 Å². The number of hydrogen-bond acceptors (Lipinski definition) is 3. The largest absolute Gasteiger partial charge is 0.474 e. The maximum atomic E-state index is 5.73. The summed E-state index contributed by atoms with van der Waals surface area (Å²) < 4.78 is 5.69. The van der Waals surface area contributed by atoms with Crippen molar-refractivity contribution >= 4 is 11.6 Å². The van der Waals surface area contributed by atoms with Gasteiger partial charge >= 0.3 is 0 Å². The van der Waals surface area contributed by atoms with Crippen molar-refractivity contribution in [2.75, 3.05) is 0 Å². The number of rotatable bonds is 3. The van der Waals surface area contributed by atoms with E-state index in [1.54, 1.807) is 6.07 Å². The molecule has 14 heavy (non-hydrogen) atoms. The lowest BCUT2D eigenvalue weighted by Gasteiger charge is -2.19. The van der Waals surface area contributed by atoms with Crippen molar-refractivity contribution in [3.8, 4) is 5.88 Å². The number of hydrogen-bond donors (Lipinski definition) is 0. The van der Waals surface area contributed by atoms with E-state index in [0.717, 1.165) is 0 Å². The lowest BCUT2D eigenvalue weighted by Crippen LogP contribution is -2.22. The van der Waals surface area contributed by atoms with E-state index in [1.165, 1.54) is 19.2 Å². The quantitative estimate of drug-likeness (QED) is 0.723. The maximum absolute atomic E-state index is 5.73. The average Bonchev–Trinajstić information content (AvgIpc) is 2.85. The molecule has 4 heteroatoms. The van der Waals surface area contributed by atoms with Crippen molar-refractivity contribution in [1.29, 1.82) is 0 Å². The SMILES string of the molecule is CC(Oc1cc(Cl)ncn1)C1(C)CC1. The van der Waals surface area contributed by atoms with E-state index in [2.05, 4.69) is 23.8 Å². The molecule has 0 bridgehead atoms. The first-order valence-corrected chi connectivity index (χ1v) is 5.12. The Kier molecular flexibility index (Phi) is 2.35. The molecule has 2 rings (SSSR count). The third-order valence-electron chi connectivity index (χ3n) is 2.93. The normalized spacial score (nSPS) is 20.2. The summed E-state index contributed by atoms with van der Waals surface area (Å²) in [6.45, 7) is 4.30. The zero-order valence-electron chi connectivity index (χ0n) is 8.33. The minimum Gasteiger partial charge on any atom is -0.474 e. The van der Waals surface area contributed by atoms with Gasteiger partial charge < -0.3 is 4.74 Å². The minimum absolute atomic E-state index is 0.188. The van der Waals surface area contributed by atoms with Gasteiger partial charge in [0.2, 0.25) is 5.88 Å². The fourth-order valence-electron chi connectivity index (χ4n) is 1.31. The van der Waals surface area contributed by atoms with Crippen LogP contribution >= 0.6 is 11.6 Å². The molecular weight excluding hydrogens is 200 g/mol. The minimum atomic E-state index is 0.188. The molecule has 1 saturated carbocycles. The van der Waals surface area contributed by atoms with Crippen LogP contribution in [0, 0.1) is 5.41 Å². The summed E-state index contributed by atoms with van der Waals surface area (Å²) in [5.41, 5.74) is 0.331. The summed E-state index contributed by atoms with van der Waals surface area (Å²) in [4.78, 5) is 7.80. The highest BCUT2D eigenvalue weighted by Crippen LogP contribution is 2.49. The summed E-state index contributed by atoms with van der Waals surface area (Å²) in [5, 5.41) is 0.420. The van der Waals surface area contributed by atoms with Gasteiger partial charge in [-0.2, -0.15) is 0 Å². The van der Waals surface area contributed by atoms with Gasteiger partial charge in [-0.05, 0) is 19.8 Å². The number of halogens is 1. The number of nitrogens with zero attached hydrogens (tertiary/aromatic N) is 2. The number of aromatic nitrogens is 2. The van der Waals surface area contributed by atoms with Crippen molar-refractivity contribution in [2.45, 2.75) is 32.8 Å². The Morgan fingerprint density at radius 3 is 2.79 bits per heavy atom. The molecule has 3 nitrogen and oxygen atoms in total. The van der Waals surface area contributed by atoms with Crippen molar-refractivity contribution in [3.63, 3.8) is 0 Å². The molecule has 76 valence electrons. The van der Waals surface area contributed by atoms with Crippen LogP contribution in [0.4, 0.5) is 0 Å². The molecule has 0 aliphatic heterocycles. The molecule has 0 saturated heterocycles. The van der Waals surface area contributed by atoms with Gasteiger partial charge in [-0.3, -0.25) is 0 Å². The molecule has 1 unspecified atom stereocenters. The van der Waals surface area contributed by atoms with E-state index in [4.69, 9.17) is 16.3 Å². The zero-order valence-corrected chi connectivity index (χ0v) is 9.08. The van der Waals surface area contributed by atoms with E-state index >= 15 is 0 Å². The molecule has 1 heterocycles. The molecule has 1 aromatic heterocycles. The van der Waals surface area contributed by atoms with E-state index < -0.39 is 0 Å². The third kappa shape index (κ3) is 1.98. The molecule has 0 radical (unpaired) electrons. The molecule has 0 spiro atoms. The highest BCUT2D eigenvalue weighted by Gasteiger charge is 2.44. The van der Waals surface area contributed by atoms with Crippen molar-refractivity contribution in [3.05, 3.63) is 17.5 Å². The zero-order chi connectivity index (χ0) is 10.2. The monoisotopic (exact) mass is 212 g/mol. The van der Waals surface area contributed by atoms with E-state index in [-0.39, 0.29) is 6.10 Å². The van der Waals surface area contributed by atoms with Crippen LogP contribution in [0.1, 0.15) is 26.7 Å². The van der Waals surface area contributed by atoms with Gasteiger partial charge in [-0.1, -0.05) is 18.5 Å². The van der Waals surface area contributed by atoms with Crippen LogP contribution in [0.25, 0.3) is 0 Å². The molecule has 1 fully saturated rings. The molecule has 1 atom stereocenters. The smallest absolute Gasteiger partial charge is 0.218 e. The summed E-state index contributed by atoms with van der Waals surface area (Å²) in [6.07, 6.45) is 4.06. The van der Waals surface area contributed by atoms with Crippen LogP contribution in [0.15, 0.2) is 12.4 Å². The van der Waals surface area contributed by atoms with Gasteiger partial charge in [0.15, 0.2) is 0 Å². The second-order valence-electron chi connectivity index (χ2n) is 4.09. The van der Waals surface area contributed by atoms with Crippen LogP contribution in [-0.4, -0.2) is 16.1 Å². The first-order valence-electron chi connectivity index (χ1n) is 4.74. The standard InChI is InChI=1S/C10H13ClN2O/c1-7(10(2)3-4-10)14-9-5-8(11)12-6-13-9/h5-7H,3-4H2,1-2H3. The van der Waals surface area contributed by atoms with Crippen molar-refractivity contribution < 1.29 is 4.74 Å². The first kappa shape index (κ1) is 9.71. The van der Waals surface area contributed by atoms with Crippen molar-refractivity contribution in [2.24, 2.45) is 5.41 Å². The van der Waals surface area contributed by atoms with Crippen molar-refractivity contribution in [1.82, 2.24) is 9.97 Å². The predicted octanol–water partition coefficient (Wildman–Crippen LogP) is 2.70. The highest BCUT2D eigenvalue weighted by atomic mass is 35.5. The predicted molar refractivity (Wildman–Crippen MR) is 54.5 cm³/mol. The fraction of sp³-hybridized carbons (Fsp3) is 0.600. The van der Waals surface area contributed by atoms with E-state index in [0.29, 0.717) is 16.4 Å². The van der Waals surface area contributed by atoms with E-state index in [1.807, 2.05) is 0 Å². The maximum Gasteiger partial charge on any atom is 0.218 e. The van der Waals surface area contributed by atoms with Gasteiger partial charge in [0.25, 0.3) is 0 Å². The molecule has 1 aromatic rings. The topological polar surface area (TPSA) is 35.0 Å². The highest BCUT2D eigenvalue weighted by molar-refractivity contribution is 6.29. The summed E-state index contributed by atoms with van der Waals surface area (Å²) in [5.74, 6) is 0.561. The van der Waals surface area contributed by atoms with Gasteiger partial charge in [0.1, 0.15) is 17.6 Å². The van der Waals surface area contributed by atoms with Crippen LogP contribution < -0.4 is 4.74 Å². The Morgan fingerprint density at radius 2 is 2.21 bits per heavy atom. The van der Waals surface area contributed by atoms with Crippen LogP contribution in [0.5, 0.6) is 5.88 Å². The van der Waals surface area contributed by atoms with Gasteiger partial charge in [0.05, 0.1) is 0 Å². The molecular formula is C10H13ClN2O. The second-order valence-corrected chi connectivity index (χ2v) is 4.48. The Bertz CT molecular complexity index is 339. The average molecular weight is 213 g/mol. The fourth-order valence-corrected chi connectivity index (χ4v) is 1.45. The Morgan fingerprint density at radius 1 is 1.50 bits per heavy atom. The van der Waals surface area contributed by atoms with Crippen LogP contribution in [-0.2, 0) is 0 Å². The molecule has 0 aromatic carbocycles. The Hall–Kier alpha value is -0.830. The van der Waals surface area contributed by atoms with Gasteiger partial charge in [0, 0.05) is 11.5 Å². The molecule has 0 N–H and O–H groups in total.